The van der Waals surface area contributed by atoms with Crippen molar-refractivity contribution in [2.75, 3.05) is 23.8 Å². The largest absolute Gasteiger partial charge is 0.381 e. The molecule has 3 rings (SSSR count). The van der Waals surface area contributed by atoms with E-state index in [0.29, 0.717) is 53.9 Å². The Morgan fingerprint density at radius 2 is 1.61 bits per heavy atom. The van der Waals surface area contributed by atoms with E-state index in [2.05, 4.69) is 10.6 Å². The normalized spacial score (nSPS) is 15.7. The molecule has 7 heteroatoms. The number of carbonyl (C=O) groups excluding carboxylic acids is 2. The highest BCUT2D eigenvalue weighted by atomic mass is 35.5. The Bertz CT molecular complexity index is 862. The van der Waals surface area contributed by atoms with E-state index in [0.717, 1.165) is 5.56 Å². The molecule has 28 heavy (non-hydrogen) atoms. The fourth-order valence-corrected chi connectivity index (χ4v) is 3.94. The van der Waals surface area contributed by atoms with Crippen molar-refractivity contribution in [1.29, 1.82) is 0 Å². The molecule has 1 aliphatic heterocycles. The third-order valence-corrected chi connectivity index (χ3v) is 5.52. The number of ether oxygens (including phenoxy) is 1. The summed E-state index contributed by atoms with van der Waals surface area (Å²) < 4.78 is 5.48. The van der Waals surface area contributed by atoms with E-state index >= 15 is 0 Å². The Morgan fingerprint density at radius 3 is 2.18 bits per heavy atom. The number of halogens is 2. The van der Waals surface area contributed by atoms with Crippen molar-refractivity contribution >= 4 is 46.4 Å². The monoisotopic (exact) mass is 420 g/mol. The van der Waals surface area contributed by atoms with Crippen molar-refractivity contribution in [3.8, 4) is 0 Å². The zero-order valence-corrected chi connectivity index (χ0v) is 17.1. The number of carbonyl (C=O) groups is 2. The summed E-state index contributed by atoms with van der Waals surface area (Å²) in [6.45, 7) is 2.75. The smallest absolute Gasteiger partial charge is 0.235 e. The lowest BCUT2D eigenvalue weighted by molar-refractivity contribution is -0.125. The van der Waals surface area contributed by atoms with Crippen LogP contribution in [0.2, 0.25) is 10.0 Å². The second-order valence-corrected chi connectivity index (χ2v) is 7.60. The molecular weight excluding hydrogens is 399 g/mol. The number of amides is 2. The second kappa shape index (κ2) is 8.95. The van der Waals surface area contributed by atoms with E-state index in [-0.39, 0.29) is 11.8 Å². The summed E-state index contributed by atoms with van der Waals surface area (Å²) in [5.74, 6) is -0.194. The molecule has 0 bridgehead atoms. The number of hydrogen-bond acceptors (Lipinski definition) is 3. The van der Waals surface area contributed by atoms with Crippen molar-refractivity contribution in [3.63, 3.8) is 0 Å². The van der Waals surface area contributed by atoms with Crippen LogP contribution in [0.4, 0.5) is 11.4 Å². The molecule has 0 radical (unpaired) electrons. The minimum Gasteiger partial charge on any atom is -0.381 e. The van der Waals surface area contributed by atoms with E-state index in [4.69, 9.17) is 27.9 Å². The van der Waals surface area contributed by atoms with E-state index in [1.807, 2.05) is 6.07 Å². The summed E-state index contributed by atoms with van der Waals surface area (Å²) >= 11 is 12.5. The second-order valence-electron chi connectivity index (χ2n) is 6.75. The van der Waals surface area contributed by atoms with Crippen molar-refractivity contribution in [2.45, 2.75) is 31.6 Å². The summed E-state index contributed by atoms with van der Waals surface area (Å²) in [6, 6.07) is 12.3. The molecule has 1 aliphatic rings. The molecule has 1 saturated heterocycles. The molecule has 0 spiro atoms. The van der Waals surface area contributed by atoms with Crippen LogP contribution in [0.5, 0.6) is 0 Å². The highest BCUT2D eigenvalue weighted by Gasteiger charge is 2.43. The third kappa shape index (κ3) is 4.49. The fourth-order valence-electron chi connectivity index (χ4n) is 3.35. The molecular formula is C21H22Cl2N2O3. The van der Waals surface area contributed by atoms with Crippen LogP contribution in [0, 0.1) is 0 Å². The standard InChI is InChI=1S/C21H22Cl2N2O3/c1-2-19(26)24-15-4-6-16(7-5-15)25-20(27)21(9-11-28-12-10-21)17-8-3-14(22)13-18(17)23/h3-8,13H,2,9-12H2,1H3,(H,24,26)(H,25,27). The molecule has 148 valence electrons. The van der Waals surface area contributed by atoms with Gasteiger partial charge >= 0.3 is 0 Å². The Morgan fingerprint density at radius 1 is 1.00 bits per heavy atom. The molecule has 0 aliphatic carbocycles. The van der Waals surface area contributed by atoms with Gasteiger partial charge in [-0.1, -0.05) is 36.2 Å². The molecule has 2 N–H and O–H groups in total. The number of anilines is 2. The summed E-state index contributed by atoms with van der Waals surface area (Å²) in [5.41, 5.74) is 1.31. The first-order chi connectivity index (χ1) is 13.4. The van der Waals surface area contributed by atoms with Gasteiger partial charge in [-0.3, -0.25) is 9.59 Å². The van der Waals surface area contributed by atoms with E-state index in [1.165, 1.54) is 0 Å². The minimum atomic E-state index is -0.783. The number of benzene rings is 2. The van der Waals surface area contributed by atoms with E-state index < -0.39 is 5.41 Å². The van der Waals surface area contributed by atoms with Crippen LogP contribution in [0.25, 0.3) is 0 Å². The molecule has 2 amide bonds. The van der Waals surface area contributed by atoms with E-state index in [1.54, 1.807) is 43.3 Å². The average molecular weight is 421 g/mol. The van der Waals surface area contributed by atoms with Gasteiger partial charge in [0.25, 0.3) is 0 Å². The summed E-state index contributed by atoms with van der Waals surface area (Å²) in [6.07, 6.45) is 1.47. The lowest BCUT2D eigenvalue weighted by atomic mass is 9.73. The number of hydrogen-bond donors (Lipinski definition) is 2. The van der Waals surface area contributed by atoms with Crippen LogP contribution < -0.4 is 10.6 Å². The van der Waals surface area contributed by atoms with Crippen LogP contribution in [0.1, 0.15) is 31.7 Å². The summed E-state index contributed by atoms with van der Waals surface area (Å²) in [5, 5.41) is 6.77. The van der Waals surface area contributed by atoms with Crippen LogP contribution >= 0.6 is 23.2 Å². The highest BCUT2D eigenvalue weighted by Crippen LogP contribution is 2.40. The van der Waals surface area contributed by atoms with Crippen LogP contribution in [-0.2, 0) is 19.7 Å². The van der Waals surface area contributed by atoms with Gasteiger partial charge in [-0.15, -0.1) is 0 Å². The van der Waals surface area contributed by atoms with Gasteiger partial charge in [0.1, 0.15) is 0 Å². The molecule has 0 unspecified atom stereocenters. The van der Waals surface area contributed by atoms with Crippen molar-refractivity contribution in [3.05, 3.63) is 58.1 Å². The van der Waals surface area contributed by atoms with Gasteiger partial charge in [0.05, 0.1) is 5.41 Å². The van der Waals surface area contributed by atoms with Gasteiger partial charge in [-0.05, 0) is 54.8 Å². The molecule has 5 nitrogen and oxygen atoms in total. The van der Waals surface area contributed by atoms with Crippen molar-refractivity contribution in [2.24, 2.45) is 0 Å². The number of nitrogens with one attached hydrogen (secondary N) is 2. The van der Waals surface area contributed by atoms with E-state index in [9.17, 15) is 9.59 Å². The van der Waals surface area contributed by atoms with Gasteiger partial charge in [0.15, 0.2) is 0 Å². The van der Waals surface area contributed by atoms with Crippen LogP contribution in [0.3, 0.4) is 0 Å². The predicted molar refractivity (Wildman–Crippen MR) is 112 cm³/mol. The molecule has 0 saturated carbocycles. The Hall–Kier alpha value is -2.08. The van der Waals surface area contributed by atoms with Gasteiger partial charge in [0.2, 0.25) is 11.8 Å². The molecule has 2 aromatic carbocycles. The quantitative estimate of drug-likeness (QED) is 0.712. The lowest BCUT2D eigenvalue weighted by Crippen LogP contribution is -2.45. The van der Waals surface area contributed by atoms with Gasteiger partial charge in [-0.2, -0.15) is 0 Å². The third-order valence-electron chi connectivity index (χ3n) is 4.98. The topological polar surface area (TPSA) is 67.4 Å². The zero-order chi connectivity index (χ0) is 20.1. The first-order valence-electron chi connectivity index (χ1n) is 9.19. The number of rotatable bonds is 5. The maximum Gasteiger partial charge on any atom is 0.235 e. The maximum absolute atomic E-state index is 13.3. The van der Waals surface area contributed by atoms with Crippen LogP contribution in [-0.4, -0.2) is 25.0 Å². The molecule has 0 atom stereocenters. The average Bonchev–Trinajstić information content (AvgIpc) is 2.69. The van der Waals surface area contributed by atoms with Gasteiger partial charge in [-0.25, -0.2) is 0 Å². The summed E-state index contributed by atoms with van der Waals surface area (Å²) in [7, 11) is 0. The summed E-state index contributed by atoms with van der Waals surface area (Å²) in [4.78, 5) is 24.8. The molecule has 0 aromatic heterocycles. The van der Waals surface area contributed by atoms with Crippen molar-refractivity contribution in [1.82, 2.24) is 0 Å². The Labute approximate surface area is 174 Å². The van der Waals surface area contributed by atoms with Crippen molar-refractivity contribution < 1.29 is 14.3 Å². The van der Waals surface area contributed by atoms with Crippen LogP contribution in [0.15, 0.2) is 42.5 Å². The predicted octanol–water partition coefficient (Wildman–Crippen LogP) is 5.03. The first kappa shape index (κ1) is 20.6. The molecule has 2 aromatic rings. The highest BCUT2D eigenvalue weighted by molar-refractivity contribution is 6.35. The zero-order valence-electron chi connectivity index (χ0n) is 15.6. The maximum atomic E-state index is 13.3. The fraction of sp³-hybridized carbons (Fsp3) is 0.333. The SMILES string of the molecule is CCC(=O)Nc1ccc(NC(=O)C2(c3ccc(Cl)cc3Cl)CCOCC2)cc1. The Balaban J connectivity index is 1.83. The van der Waals surface area contributed by atoms with Gasteiger partial charge in [0, 0.05) is 41.1 Å². The lowest BCUT2D eigenvalue weighted by Gasteiger charge is -2.36. The Kier molecular flexibility index (Phi) is 6.60. The van der Waals surface area contributed by atoms with Gasteiger partial charge < -0.3 is 15.4 Å². The first-order valence-corrected chi connectivity index (χ1v) is 9.95. The molecule has 1 heterocycles. The minimum absolute atomic E-state index is 0.0599. The molecule has 1 fully saturated rings.